The molecular formula is C27H22ClNO6. The van der Waals surface area contributed by atoms with Crippen molar-refractivity contribution in [1.82, 2.24) is 4.90 Å². The van der Waals surface area contributed by atoms with Gasteiger partial charge in [0.25, 0.3) is 11.7 Å². The van der Waals surface area contributed by atoms with Gasteiger partial charge in [0.15, 0.2) is 0 Å². The van der Waals surface area contributed by atoms with Crippen molar-refractivity contribution in [1.29, 1.82) is 0 Å². The van der Waals surface area contributed by atoms with Crippen LogP contribution >= 0.6 is 11.6 Å². The fraction of sp³-hybridized carbons (Fsp3) is 0.148. The number of benzene rings is 3. The molecule has 4 rings (SSSR count). The molecule has 1 atom stereocenters. The van der Waals surface area contributed by atoms with Crippen LogP contribution < -0.4 is 4.74 Å². The maximum atomic E-state index is 13.2. The number of Topliss-reactive ketones (excluding diaryl/α,β-unsaturated/α-hetero) is 1. The topological polar surface area (TPSA) is 104 Å². The van der Waals surface area contributed by atoms with Crippen LogP contribution in [0.5, 0.6) is 5.75 Å². The van der Waals surface area contributed by atoms with Crippen molar-refractivity contribution in [3.63, 3.8) is 0 Å². The molecule has 7 nitrogen and oxygen atoms in total. The molecule has 0 radical (unpaired) electrons. The van der Waals surface area contributed by atoms with Crippen LogP contribution in [-0.4, -0.2) is 39.4 Å². The zero-order valence-corrected chi connectivity index (χ0v) is 19.5. The first-order valence-electron chi connectivity index (χ1n) is 10.9. The Morgan fingerprint density at radius 1 is 1.00 bits per heavy atom. The highest BCUT2D eigenvalue weighted by atomic mass is 35.5. The first-order valence-corrected chi connectivity index (χ1v) is 11.3. The predicted octanol–water partition coefficient (Wildman–Crippen LogP) is 5.06. The third-order valence-electron chi connectivity index (χ3n) is 5.71. The quantitative estimate of drug-likeness (QED) is 0.272. The molecule has 35 heavy (non-hydrogen) atoms. The standard InChI is InChI=1S/C27H22ClNO6/c1-2-35-19-12-13-21(28)20(14-19)24(30)22-23(17-6-4-3-5-7-17)29(26(32)25(22)31)15-16-8-10-18(11-9-16)27(33)34/h3-14,23,30H,2,15H2,1H3,(H,33,34)/b24-22+. The minimum atomic E-state index is -1.06. The van der Waals surface area contributed by atoms with E-state index in [4.69, 9.17) is 21.4 Å². The fourth-order valence-corrected chi connectivity index (χ4v) is 4.27. The lowest BCUT2D eigenvalue weighted by Crippen LogP contribution is -2.29. The van der Waals surface area contributed by atoms with Gasteiger partial charge in [-0.15, -0.1) is 0 Å². The van der Waals surface area contributed by atoms with Crippen LogP contribution in [0.4, 0.5) is 0 Å². The molecule has 0 aliphatic carbocycles. The summed E-state index contributed by atoms with van der Waals surface area (Å²) in [6, 6.07) is 18.8. The summed E-state index contributed by atoms with van der Waals surface area (Å²) in [6.07, 6.45) is 0. The van der Waals surface area contributed by atoms with Crippen molar-refractivity contribution in [3.05, 3.63) is 106 Å². The van der Waals surface area contributed by atoms with E-state index in [0.29, 0.717) is 23.5 Å². The van der Waals surface area contributed by atoms with Gasteiger partial charge in [0.2, 0.25) is 0 Å². The molecule has 1 unspecified atom stereocenters. The highest BCUT2D eigenvalue weighted by molar-refractivity contribution is 6.47. The predicted molar refractivity (Wildman–Crippen MR) is 130 cm³/mol. The number of ether oxygens (including phenoxy) is 1. The number of carboxylic acid groups (broad SMARTS) is 1. The minimum absolute atomic E-state index is 0.0352. The molecule has 0 spiro atoms. The molecule has 1 fully saturated rings. The van der Waals surface area contributed by atoms with Crippen LogP contribution in [0.3, 0.4) is 0 Å². The first-order chi connectivity index (χ1) is 16.8. The van der Waals surface area contributed by atoms with Gasteiger partial charge >= 0.3 is 5.97 Å². The highest BCUT2D eigenvalue weighted by Gasteiger charge is 2.46. The molecule has 3 aromatic carbocycles. The number of amides is 1. The maximum absolute atomic E-state index is 13.2. The summed E-state index contributed by atoms with van der Waals surface area (Å²) in [5.74, 6) is -2.61. The SMILES string of the molecule is CCOc1ccc(Cl)c(/C(O)=C2\C(=O)C(=O)N(Cc3ccc(C(=O)O)cc3)C2c2ccccc2)c1. The van der Waals surface area contributed by atoms with E-state index in [0.717, 1.165) is 0 Å². The molecule has 0 bridgehead atoms. The summed E-state index contributed by atoms with van der Waals surface area (Å²) in [5.41, 5.74) is 1.47. The maximum Gasteiger partial charge on any atom is 0.335 e. The van der Waals surface area contributed by atoms with E-state index in [1.54, 1.807) is 48.5 Å². The van der Waals surface area contributed by atoms with Gasteiger partial charge in [-0.2, -0.15) is 0 Å². The number of hydrogen-bond donors (Lipinski definition) is 2. The Labute approximate surface area is 206 Å². The van der Waals surface area contributed by atoms with Gasteiger partial charge < -0.3 is 19.8 Å². The number of nitrogens with zero attached hydrogens (tertiary/aromatic N) is 1. The number of aliphatic hydroxyl groups is 1. The average Bonchev–Trinajstić information content (AvgIpc) is 3.10. The summed E-state index contributed by atoms with van der Waals surface area (Å²) < 4.78 is 5.50. The summed E-state index contributed by atoms with van der Waals surface area (Å²) in [6.45, 7) is 2.25. The van der Waals surface area contributed by atoms with Gasteiger partial charge in [0.1, 0.15) is 11.5 Å². The molecule has 1 saturated heterocycles. The molecule has 178 valence electrons. The molecule has 0 saturated carbocycles. The van der Waals surface area contributed by atoms with E-state index in [-0.39, 0.29) is 28.3 Å². The summed E-state index contributed by atoms with van der Waals surface area (Å²) >= 11 is 6.35. The molecule has 1 aliphatic rings. The number of halogens is 1. The van der Waals surface area contributed by atoms with Crippen LogP contribution in [-0.2, 0) is 16.1 Å². The van der Waals surface area contributed by atoms with Crippen molar-refractivity contribution < 1.29 is 29.3 Å². The van der Waals surface area contributed by atoms with Crippen LogP contribution in [0.15, 0.2) is 78.4 Å². The Morgan fingerprint density at radius 2 is 1.69 bits per heavy atom. The third kappa shape index (κ3) is 4.76. The molecule has 1 amide bonds. The van der Waals surface area contributed by atoms with Crippen LogP contribution in [0.1, 0.15) is 40.0 Å². The van der Waals surface area contributed by atoms with E-state index in [1.807, 2.05) is 13.0 Å². The van der Waals surface area contributed by atoms with Crippen molar-refractivity contribution in [2.24, 2.45) is 0 Å². The number of carboxylic acids is 1. The fourth-order valence-electron chi connectivity index (χ4n) is 4.06. The summed E-state index contributed by atoms with van der Waals surface area (Å²) in [4.78, 5) is 38.9. The van der Waals surface area contributed by atoms with E-state index in [2.05, 4.69) is 0 Å². The molecule has 3 aromatic rings. The van der Waals surface area contributed by atoms with Crippen LogP contribution in [0.25, 0.3) is 5.76 Å². The van der Waals surface area contributed by atoms with Gasteiger partial charge in [0.05, 0.1) is 28.8 Å². The number of hydrogen-bond acceptors (Lipinski definition) is 5. The van der Waals surface area contributed by atoms with Gasteiger partial charge in [-0.05, 0) is 48.4 Å². The monoisotopic (exact) mass is 491 g/mol. The van der Waals surface area contributed by atoms with E-state index in [1.165, 1.54) is 23.1 Å². The number of carbonyl (C=O) groups is 3. The molecule has 1 aliphatic heterocycles. The third-order valence-corrected chi connectivity index (χ3v) is 6.04. The Balaban J connectivity index is 1.82. The Kier molecular flexibility index (Phi) is 6.89. The van der Waals surface area contributed by atoms with Crippen molar-refractivity contribution in [2.45, 2.75) is 19.5 Å². The summed E-state index contributed by atoms with van der Waals surface area (Å²) in [7, 11) is 0. The lowest BCUT2D eigenvalue weighted by atomic mass is 9.95. The second kappa shape index (κ2) is 10.0. The molecule has 1 heterocycles. The normalized spacial score (nSPS) is 17.0. The first kappa shape index (κ1) is 24.0. The van der Waals surface area contributed by atoms with E-state index in [9.17, 15) is 19.5 Å². The van der Waals surface area contributed by atoms with Crippen molar-refractivity contribution in [3.8, 4) is 5.75 Å². The number of rotatable bonds is 7. The number of aliphatic hydroxyl groups excluding tert-OH is 1. The zero-order chi connectivity index (χ0) is 25.1. The van der Waals surface area contributed by atoms with Gasteiger partial charge in [-0.25, -0.2) is 4.79 Å². The van der Waals surface area contributed by atoms with Crippen LogP contribution in [0, 0.1) is 0 Å². The Morgan fingerprint density at radius 3 is 2.31 bits per heavy atom. The number of ketones is 1. The zero-order valence-electron chi connectivity index (χ0n) is 18.8. The second-order valence-corrected chi connectivity index (χ2v) is 8.32. The smallest absolute Gasteiger partial charge is 0.335 e. The minimum Gasteiger partial charge on any atom is -0.507 e. The lowest BCUT2D eigenvalue weighted by molar-refractivity contribution is -0.140. The van der Waals surface area contributed by atoms with E-state index >= 15 is 0 Å². The Bertz CT molecular complexity index is 1320. The van der Waals surface area contributed by atoms with E-state index < -0.39 is 29.5 Å². The van der Waals surface area contributed by atoms with Gasteiger partial charge in [-0.3, -0.25) is 9.59 Å². The molecule has 0 aromatic heterocycles. The molecular weight excluding hydrogens is 470 g/mol. The van der Waals surface area contributed by atoms with Crippen molar-refractivity contribution in [2.75, 3.05) is 6.61 Å². The lowest BCUT2D eigenvalue weighted by Gasteiger charge is -2.25. The molecule has 8 heteroatoms. The van der Waals surface area contributed by atoms with Gasteiger partial charge in [-0.1, -0.05) is 54.1 Å². The highest BCUT2D eigenvalue weighted by Crippen LogP contribution is 2.41. The summed E-state index contributed by atoms with van der Waals surface area (Å²) in [5, 5.41) is 20.6. The second-order valence-electron chi connectivity index (χ2n) is 7.91. The molecule has 2 N–H and O–H groups in total. The van der Waals surface area contributed by atoms with Crippen molar-refractivity contribution >= 4 is 35.0 Å². The van der Waals surface area contributed by atoms with Crippen LogP contribution in [0.2, 0.25) is 5.02 Å². The number of carbonyl (C=O) groups excluding carboxylic acids is 2. The largest absolute Gasteiger partial charge is 0.507 e. The number of aromatic carboxylic acids is 1. The number of likely N-dealkylation sites (tertiary alicyclic amines) is 1. The Hall–Kier alpha value is -4.10. The van der Waals surface area contributed by atoms with Gasteiger partial charge in [0, 0.05) is 12.1 Å². The average molecular weight is 492 g/mol.